The summed E-state index contributed by atoms with van der Waals surface area (Å²) >= 11 is 0. The lowest BCUT2D eigenvalue weighted by Gasteiger charge is -2.40. The van der Waals surface area contributed by atoms with Gasteiger partial charge in [-0.25, -0.2) is 4.39 Å². The molecule has 0 saturated heterocycles. The van der Waals surface area contributed by atoms with Gasteiger partial charge in [-0.2, -0.15) is 0 Å². The molecule has 5 heteroatoms. The standard InChI is InChI=1S/C13H19FN2O2/c1-12(2,15)13(3,7-11(17)18-4)10-6-5-9(14)8-16-10/h5-6,8H,7,15H2,1-4H3. The first-order chi connectivity index (χ1) is 8.20. The fourth-order valence-electron chi connectivity index (χ4n) is 1.71. The van der Waals surface area contributed by atoms with Crippen molar-refractivity contribution in [3.63, 3.8) is 0 Å². The van der Waals surface area contributed by atoms with Gasteiger partial charge in [0.2, 0.25) is 0 Å². The fourth-order valence-corrected chi connectivity index (χ4v) is 1.71. The number of aromatic nitrogens is 1. The lowest BCUT2D eigenvalue weighted by atomic mass is 9.68. The number of carbonyl (C=O) groups excluding carboxylic acids is 1. The summed E-state index contributed by atoms with van der Waals surface area (Å²) in [5.41, 5.74) is 5.29. The normalized spacial score (nSPS) is 15.0. The monoisotopic (exact) mass is 254 g/mol. The van der Waals surface area contributed by atoms with Gasteiger partial charge in [0.15, 0.2) is 0 Å². The minimum Gasteiger partial charge on any atom is -0.469 e. The highest BCUT2D eigenvalue weighted by Gasteiger charge is 2.43. The van der Waals surface area contributed by atoms with Crippen LogP contribution in [0.5, 0.6) is 0 Å². The van der Waals surface area contributed by atoms with Gasteiger partial charge in [-0.15, -0.1) is 0 Å². The summed E-state index contributed by atoms with van der Waals surface area (Å²) in [5, 5.41) is 0. The van der Waals surface area contributed by atoms with E-state index in [0.29, 0.717) is 5.69 Å². The van der Waals surface area contributed by atoms with E-state index in [0.717, 1.165) is 6.20 Å². The molecule has 0 fully saturated rings. The maximum Gasteiger partial charge on any atom is 0.306 e. The van der Waals surface area contributed by atoms with Gasteiger partial charge in [0.25, 0.3) is 0 Å². The molecule has 100 valence electrons. The molecular formula is C13H19FN2O2. The van der Waals surface area contributed by atoms with Crippen LogP contribution in [0.2, 0.25) is 0 Å². The van der Waals surface area contributed by atoms with Crippen LogP contribution in [0.25, 0.3) is 0 Å². The Morgan fingerprint density at radius 3 is 2.44 bits per heavy atom. The Labute approximate surface area is 106 Å². The van der Waals surface area contributed by atoms with Crippen molar-refractivity contribution in [1.29, 1.82) is 0 Å². The molecule has 0 aliphatic rings. The number of nitrogens with zero attached hydrogens (tertiary/aromatic N) is 1. The average molecular weight is 254 g/mol. The van der Waals surface area contributed by atoms with E-state index in [4.69, 9.17) is 5.73 Å². The van der Waals surface area contributed by atoms with Crippen molar-refractivity contribution in [2.75, 3.05) is 7.11 Å². The molecule has 1 aromatic heterocycles. The molecule has 0 aliphatic heterocycles. The van der Waals surface area contributed by atoms with Crippen LogP contribution in [0, 0.1) is 5.82 Å². The van der Waals surface area contributed by atoms with E-state index in [-0.39, 0.29) is 12.4 Å². The first kappa shape index (κ1) is 14.6. The maximum absolute atomic E-state index is 12.9. The van der Waals surface area contributed by atoms with Crippen LogP contribution in [0.4, 0.5) is 4.39 Å². The third kappa shape index (κ3) is 2.85. The highest BCUT2D eigenvalue weighted by atomic mass is 19.1. The third-order valence-electron chi connectivity index (χ3n) is 3.44. The number of hydrogen-bond acceptors (Lipinski definition) is 4. The van der Waals surface area contributed by atoms with Gasteiger partial charge < -0.3 is 10.5 Å². The van der Waals surface area contributed by atoms with Crippen molar-refractivity contribution in [2.24, 2.45) is 5.73 Å². The van der Waals surface area contributed by atoms with Crippen molar-refractivity contribution < 1.29 is 13.9 Å². The largest absolute Gasteiger partial charge is 0.469 e. The second-order valence-corrected chi connectivity index (χ2v) is 5.17. The van der Waals surface area contributed by atoms with Crippen LogP contribution < -0.4 is 5.73 Å². The quantitative estimate of drug-likeness (QED) is 0.832. The van der Waals surface area contributed by atoms with Gasteiger partial charge in [0.05, 0.1) is 19.7 Å². The lowest BCUT2D eigenvalue weighted by Crippen LogP contribution is -2.53. The van der Waals surface area contributed by atoms with Crippen molar-refractivity contribution in [2.45, 2.75) is 38.1 Å². The van der Waals surface area contributed by atoms with Crippen molar-refractivity contribution in [3.05, 3.63) is 29.8 Å². The molecule has 1 aromatic rings. The van der Waals surface area contributed by atoms with Crippen molar-refractivity contribution >= 4 is 5.97 Å². The van der Waals surface area contributed by atoms with E-state index in [9.17, 15) is 9.18 Å². The summed E-state index contributed by atoms with van der Waals surface area (Å²) in [7, 11) is 1.32. The molecule has 1 atom stereocenters. The minimum absolute atomic E-state index is 0.0889. The highest BCUT2D eigenvalue weighted by Crippen LogP contribution is 2.36. The Morgan fingerprint density at radius 1 is 1.44 bits per heavy atom. The average Bonchev–Trinajstić information content (AvgIpc) is 2.28. The van der Waals surface area contributed by atoms with E-state index in [1.54, 1.807) is 19.9 Å². The second-order valence-electron chi connectivity index (χ2n) is 5.17. The predicted molar refractivity (Wildman–Crippen MR) is 66.4 cm³/mol. The molecule has 2 N–H and O–H groups in total. The molecule has 0 amide bonds. The Hall–Kier alpha value is -1.49. The van der Waals surface area contributed by atoms with Crippen LogP contribution in [0.1, 0.15) is 32.9 Å². The highest BCUT2D eigenvalue weighted by molar-refractivity contribution is 5.71. The van der Waals surface area contributed by atoms with Crippen LogP contribution in [-0.4, -0.2) is 23.6 Å². The molecule has 4 nitrogen and oxygen atoms in total. The van der Waals surface area contributed by atoms with Gasteiger partial charge in [-0.1, -0.05) is 6.92 Å². The number of carbonyl (C=O) groups is 1. The molecule has 0 spiro atoms. The van der Waals surface area contributed by atoms with Gasteiger partial charge in [-0.05, 0) is 26.0 Å². The van der Waals surface area contributed by atoms with E-state index in [2.05, 4.69) is 9.72 Å². The van der Waals surface area contributed by atoms with E-state index >= 15 is 0 Å². The molecule has 1 heterocycles. The first-order valence-electron chi connectivity index (χ1n) is 5.68. The Balaban J connectivity index is 3.20. The number of esters is 1. The predicted octanol–water partition coefficient (Wildman–Crippen LogP) is 1.78. The van der Waals surface area contributed by atoms with Crippen LogP contribution in [0.3, 0.4) is 0 Å². The zero-order valence-electron chi connectivity index (χ0n) is 11.2. The number of hydrogen-bond donors (Lipinski definition) is 1. The van der Waals surface area contributed by atoms with Crippen molar-refractivity contribution in [1.82, 2.24) is 4.98 Å². The summed E-state index contributed by atoms with van der Waals surface area (Å²) in [5.74, 6) is -0.795. The maximum atomic E-state index is 12.9. The van der Waals surface area contributed by atoms with E-state index in [1.165, 1.54) is 13.2 Å². The van der Waals surface area contributed by atoms with Crippen LogP contribution in [0.15, 0.2) is 18.3 Å². The first-order valence-corrected chi connectivity index (χ1v) is 5.68. The molecule has 0 aliphatic carbocycles. The Bertz CT molecular complexity index is 426. The number of pyridine rings is 1. The lowest BCUT2D eigenvalue weighted by molar-refractivity contribution is -0.142. The molecular weight excluding hydrogens is 235 g/mol. The molecule has 18 heavy (non-hydrogen) atoms. The zero-order chi connectivity index (χ0) is 14.0. The van der Waals surface area contributed by atoms with Gasteiger partial charge in [0.1, 0.15) is 5.82 Å². The topological polar surface area (TPSA) is 65.2 Å². The molecule has 0 aromatic carbocycles. The third-order valence-corrected chi connectivity index (χ3v) is 3.44. The minimum atomic E-state index is -0.728. The van der Waals surface area contributed by atoms with E-state index in [1.807, 2.05) is 6.92 Å². The van der Waals surface area contributed by atoms with Crippen LogP contribution in [-0.2, 0) is 14.9 Å². The van der Waals surface area contributed by atoms with Gasteiger partial charge in [0, 0.05) is 16.6 Å². The molecule has 1 unspecified atom stereocenters. The second kappa shape index (κ2) is 5.02. The Kier molecular flexibility index (Phi) is 4.06. The number of halogens is 1. The number of methoxy groups -OCH3 is 1. The molecule has 0 saturated carbocycles. The number of ether oxygens (including phenoxy) is 1. The van der Waals surface area contributed by atoms with Crippen LogP contribution >= 0.6 is 0 Å². The Morgan fingerprint density at radius 2 is 2.06 bits per heavy atom. The molecule has 0 bridgehead atoms. The summed E-state index contributed by atoms with van der Waals surface area (Å²) in [4.78, 5) is 15.6. The fraction of sp³-hybridized carbons (Fsp3) is 0.538. The summed E-state index contributed by atoms with van der Waals surface area (Å²) in [6.45, 7) is 5.44. The van der Waals surface area contributed by atoms with Gasteiger partial charge in [-0.3, -0.25) is 9.78 Å². The number of nitrogens with two attached hydrogens (primary N) is 1. The summed E-state index contributed by atoms with van der Waals surface area (Å²) in [6, 6.07) is 2.86. The number of rotatable bonds is 4. The van der Waals surface area contributed by atoms with E-state index < -0.39 is 16.8 Å². The molecule has 0 radical (unpaired) electrons. The van der Waals surface area contributed by atoms with Gasteiger partial charge >= 0.3 is 5.97 Å². The molecule has 1 rings (SSSR count). The van der Waals surface area contributed by atoms with Crippen molar-refractivity contribution in [3.8, 4) is 0 Å². The summed E-state index contributed by atoms with van der Waals surface area (Å²) < 4.78 is 17.6. The zero-order valence-corrected chi connectivity index (χ0v) is 11.2. The summed E-state index contributed by atoms with van der Waals surface area (Å²) in [6.07, 6.45) is 1.21. The SMILES string of the molecule is COC(=O)CC(C)(c1ccc(F)cn1)C(C)(C)N. The smallest absolute Gasteiger partial charge is 0.306 e.